The van der Waals surface area contributed by atoms with E-state index in [-0.39, 0.29) is 11.9 Å². The van der Waals surface area contributed by atoms with Crippen LogP contribution in [0.25, 0.3) is 0 Å². The van der Waals surface area contributed by atoms with Gasteiger partial charge in [-0.15, -0.1) is 11.3 Å². The fraction of sp³-hybridized carbons (Fsp3) is 0.231. The number of thiophene rings is 1. The van der Waals surface area contributed by atoms with Crippen LogP contribution in [-0.2, 0) is 6.54 Å². The Morgan fingerprint density at radius 1 is 1.41 bits per heavy atom. The zero-order valence-electron chi connectivity index (χ0n) is 9.41. The van der Waals surface area contributed by atoms with Crippen molar-refractivity contribution in [3.05, 3.63) is 56.4 Å². The Kier molecular flexibility index (Phi) is 4.31. The van der Waals surface area contributed by atoms with Crippen molar-refractivity contribution in [2.24, 2.45) is 0 Å². The second-order valence-corrected chi connectivity index (χ2v) is 5.80. The average molecular weight is 314 g/mol. The van der Waals surface area contributed by atoms with Crippen molar-refractivity contribution < 1.29 is 4.39 Å². The van der Waals surface area contributed by atoms with Crippen LogP contribution in [-0.4, -0.2) is 0 Å². The molecule has 1 heterocycles. The van der Waals surface area contributed by atoms with Crippen LogP contribution in [0, 0.1) is 5.82 Å². The summed E-state index contributed by atoms with van der Waals surface area (Å²) in [4.78, 5) is 1.26. The van der Waals surface area contributed by atoms with Crippen molar-refractivity contribution in [3.63, 3.8) is 0 Å². The largest absolute Gasteiger partial charge is 0.305 e. The van der Waals surface area contributed by atoms with Gasteiger partial charge in [0.05, 0.1) is 0 Å². The zero-order chi connectivity index (χ0) is 12.3. The highest BCUT2D eigenvalue weighted by Crippen LogP contribution is 2.21. The second kappa shape index (κ2) is 5.76. The lowest BCUT2D eigenvalue weighted by Crippen LogP contribution is -2.17. The van der Waals surface area contributed by atoms with Gasteiger partial charge >= 0.3 is 0 Å². The molecule has 2 rings (SSSR count). The van der Waals surface area contributed by atoms with Gasteiger partial charge in [-0.2, -0.15) is 0 Å². The minimum Gasteiger partial charge on any atom is -0.305 e. The summed E-state index contributed by atoms with van der Waals surface area (Å²) in [6.07, 6.45) is 0. The summed E-state index contributed by atoms with van der Waals surface area (Å²) in [6.45, 7) is 2.84. The zero-order valence-corrected chi connectivity index (χ0v) is 11.8. The number of hydrogen-bond acceptors (Lipinski definition) is 2. The summed E-state index contributed by atoms with van der Waals surface area (Å²) >= 11 is 5.13. The number of hydrogen-bond donors (Lipinski definition) is 1. The Morgan fingerprint density at radius 2 is 2.24 bits per heavy atom. The van der Waals surface area contributed by atoms with Crippen molar-refractivity contribution in [2.45, 2.75) is 19.5 Å². The number of rotatable bonds is 4. The van der Waals surface area contributed by atoms with E-state index in [0.717, 1.165) is 16.6 Å². The summed E-state index contributed by atoms with van der Waals surface area (Å²) in [5.41, 5.74) is 0.973. The maximum absolute atomic E-state index is 13.1. The van der Waals surface area contributed by atoms with Crippen LogP contribution >= 0.6 is 27.3 Å². The molecule has 0 amide bonds. The van der Waals surface area contributed by atoms with E-state index in [1.54, 1.807) is 23.5 Å². The minimum atomic E-state index is -0.185. The Bertz CT molecular complexity index is 498. The van der Waals surface area contributed by atoms with Gasteiger partial charge in [0, 0.05) is 27.3 Å². The Labute approximate surface area is 113 Å². The second-order valence-electron chi connectivity index (χ2n) is 3.89. The lowest BCUT2D eigenvalue weighted by Gasteiger charge is -2.13. The molecule has 0 radical (unpaired) electrons. The van der Waals surface area contributed by atoms with Crippen molar-refractivity contribution in [1.82, 2.24) is 5.32 Å². The van der Waals surface area contributed by atoms with Gasteiger partial charge in [-0.05, 0) is 46.6 Å². The van der Waals surface area contributed by atoms with E-state index >= 15 is 0 Å². The summed E-state index contributed by atoms with van der Waals surface area (Å²) in [6, 6.07) is 8.95. The van der Waals surface area contributed by atoms with Crippen LogP contribution in [0.1, 0.15) is 23.4 Å². The van der Waals surface area contributed by atoms with Gasteiger partial charge in [0.1, 0.15) is 5.82 Å². The quantitative estimate of drug-likeness (QED) is 0.876. The fourth-order valence-electron chi connectivity index (χ4n) is 1.59. The average Bonchev–Trinajstić information content (AvgIpc) is 2.72. The van der Waals surface area contributed by atoms with Crippen LogP contribution in [0.4, 0.5) is 4.39 Å². The van der Waals surface area contributed by atoms with Crippen molar-refractivity contribution in [3.8, 4) is 0 Å². The van der Waals surface area contributed by atoms with Gasteiger partial charge in [0.2, 0.25) is 0 Å². The molecule has 0 saturated carbocycles. The Hall–Kier alpha value is -0.710. The monoisotopic (exact) mass is 313 g/mol. The highest BCUT2D eigenvalue weighted by Gasteiger charge is 2.06. The number of halogens is 2. The van der Waals surface area contributed by atoms with Gasteiger partial charge < -0.3 is 5.32 Å². The van der Waals surface area contributed by atoms with Crippen LogP contribution < -0.4 is 5.32 Å². The summed E-state index contributed by atoms with van der Waals surface area (Å²) in [5, 5.41) is 5.44. The molecular formula is C13H13BrFNS. The van der Waals surface area contributed by atoms with Crippen molar-refractivity contribution in [1.29, 1.82) is 0 Å². The first-order valence-corrected chi connectivity index (χ1v) is 7.04. The SMILES string of the molecule is C[C@@H](NCc1cc(Br)cs1)c1cccc(F)c1. The lowest BCUT2D eigenvalue weighted by molar-refractivity contribution is 0.568. The highest BCUT2D eigenvalue weighted by molar-refractivity contribution is 9.10. The fourth-order valence-corrected chi connectivity index (χ4v) is 3.00. The number of nitrogens with one attached hydrogen (secondary N) is 1. The van der Waals surface area contributed by atoms with Crippen LogP contribution in [0.3, 0.4) is 0 Å². The van der Waals surface area contributed by atoms with Gasteiger partial charge in [0.25, 0.3) is 0 Å². The topological polar surface area (TPSA) is 12.0 Å². The summed E-state index contributed by atoms with van der Waals surface area (Å²) < 4.78 is 14.2. The molecular weight excluding hydrogens is 301 g/mol. The molecule has 0 fully saturated rings. The van der Waals surface area contributed by atoms with Crippen LogP contribution in [0.5, 0.6) is 0 Å². The van der Waals surface area contributed by atoms with E-state index in [1.165, 1.54) is 10.9 Å². The standard InChI is InChI=1S/C13H13BrFNS/c1-9(10-3-2-4-12(15)5-10)16-7-13-6-11(14)8-17-13/h2-6,8-9,16H,7H2,1H3/t9-/m1/s1. The van der Waals surface area contributed by atoms with Crippen molar-refractivity contribution >= 4 is 27.3 Å². The van der Waals surface area contributed by atoms with E-state index in [9.17, 15) is 4.39 Å². The van der Waals surface area contributed by atoms with Crippen molar-refractivity contribution in [2.75, 3.05) is 0 Å². The molecule has 1 aromatic heterocycles. The number of benzene rings is 1. The van der Waals surface area contributed by atoms with Gasteiger partial charge in [-0.1, -0.05) is 12.1 Å². The first-order chi connectivity index (χ1) is 8.15. The highest BCUT2D eigenvalue weighted by atomic mass is 79.9. The maximum atomic E-state index is 13.1. The molecule has 2 aromatic rings. The third-order valence-corrected chi connectivity index (χ3v) is 4.25. The van der Waals surface area contributed by atoms with E-state index in [0.29, 0.717) is 0 Å². The first-order valence-electron chi connectivity index (χ1n) is 5.37. The predicted molar refractivity (Wildman–Crippen MR) is 73.7 cm³/mol. The lowest BCUT2D eigenvalue weighted by atomic mass is 10.1. The maximum Gasteiger partial charge on any atom is 0.123 e. The smallest absolute Gasteiger partial charge is 0.123 e. The third kappa shape index (κ3) is 3.63. The van der Waals surface area contributed by atoms with Gasteiger partial charge in [0.15, 0.2) is 0 Å². The van der Waals surface area contributed by atoms with E-state index < -0.39 is 0 Å². The van der Waals surface area contributed by atoms with Gasteiger partial charge in [-0.3, -0.25) is 0 Å². The third-order valence-electron chi connectivity index (χ3n) is 2.55. The minimum absolute atomic E-state index is 0.145. The molecule has 1 aromatic carbocycles. The van der Waals surface area contributed by atoms with E-state index in [2.05, 4.69) is 32.7 Å². The molecule has 1 nitrogen and oxygen atoms in total. The molecule has 17 heavy (non-hydrogen) atoms. The Morgan fingerprint density at radius 3 is 2.88 bits per heavy atom. The van der Waals surface area contributed by atoms with Gasteiger partial charge in [-0.25, -0.2) is 4.39 Å². The summed E-state index contributed by atoms with van der Waals surface area (Å²) in [5.74, 6) is -0.185. The summed E-state index contributed by atoms with van der Waals surface area (Å²) in [7, 11) is 0. The molecule has 0 unspecified atom stereocenters. The molecule has 0 aliphatic heterocycles. The predicted octanol–water partition coefficient (Wildman–Crippen LogP) is 4.50. The van der Waals surface area contributed by atoms with E-state index in [1.807, 2.05) is 13.0 Å². The normalized spacial score (nSPS) is 12.6. The molecule has 1 atom stereocenters. The molecule has 0 spiro atoms. The molecule has 1 N–H and O–H groups in total. The van der Waals surface area contributed by atoms with Crippen LogP contribution in [0.15, 0.2) is 40.2 Å². The molecule has 0 aliphatic carbocycles. The molecule has 4 heteroatoms. The first kappa shape index (κ1) is 12.7. The molecule has 0 bridgehead atoms. The van der Waals surface area contributed by atoms with E-state index in [4.69, 9.17) is 0 Å². The molecule has 0 saturated heterocycles. The Balaban J connectivity index is 1.95. The van der Waals surface area contributed by atoms with Crippen LogP contribution in [0.2, 0.25) is 0 Å². The molecule has 0 aliphatic rings. The molecule has 90 valence electrons.